The van der Waals surface area contributed by atoms with Gasteiger partial charge in [-0.25, -0.2) is 0 Å². The molecule has 0 radical (unpaired) electrons. The highest BCUT2D eigenvalue weighted by atomic mass is 16.7. The van der Waals surface area contributed by atoms with Crippen molar-refractivity contribution in [3.8, 4) is 0 Å². The van der Waals surface area contributed by atoms with Gasteiger partial charge in [0.1, 0.15) is 12.2 Å². The van der Waals surface area contributed by atoms with Gasteiger partial charge in [-0.2, -0.15) is 0 Å². The topological polar surface area (TPSA) is 216 Å². The monoisotopic (exact) mass is 887 g/mol. The van der Waals surface area contributed by atoms with Gasteiger partial charge in [-0.1, -0.05) is 146 Å². The second-order valence-electron chi connectivity index (χ2n) is 17.8. The minimum Gasteiger partial charge on any atom is -0.394 e. The van der Waals surface area contributed by atoms with Crippen molar-refractivity contribution in [2.45, 2.75) is 153 Å². The number of aliphatic hydroxyl groups is 6. The van der Waals surface area contributed by atoms with Gasteiger partial charge in [0.05, 0.1) is 50.8 Å². The summed E-state index contributed by atoms with van der Waals surface area (Å²) in [5, 5.41) is 65.1. The maximum Gasteiger partial charge on any atom is 0.221 e. The van der Waals surface area contributed by atoms with Crippen molar-refractivity contribution < 1.29 is 59.2 Å². The first-order valence-electron chi connectivity index (χ1n) is 23.1. The van der Waals surface area contributed by atoms with E-state index >= 15 is 0 Å². The highest BCUT2D eigenvalue weighted by Crippen LogP contribution is 2.41. The molecular formula is C49H78N2O12. The maximum atomic E-state index is 12.7. The lowest BCUT2D eigenvalue weighted by Crippen LogP contribution is -2.55. The smallest absolute Gasteiger partial charge is 0.221 e. The van der Waals surface area contributed by atoms with Crippen molar-refractivity contribution in [3.05, 3.63) is 71.8 Å². The number of carbonyl (C=O) groups is 2. The quantitative estimate of drug-likeness (QED) is 0.0978. The summed E-state index contributed by atoms with van der Waals surface area (Å²) in [5.41, 5.74) is 2.13. The molecule has 356 valence electrons. The van der Waals surface area contributed by atoms with Crippen molar-refractivity contribution in [3.63, 3.8) is 0 Å². The van der Waals surface area contributed by atoms with Crippen LogP contribution in [0.1, 0.15) is 115 Å². The van der Waals surface area contributed by atoms with E-state index in [2.05, 4.69) is 10.6 Å². The molecule has 0 spiro atoms. The number of amides is 2. The van der Waals surface area contributed by atoms with Crippen LogP contribution in [0.5, 0.6) is 0 Å². The molecule has 6 rings (SSSR count). The summed E-state index contributed by atoms with van der Waals surface area (Å²) in [6, 6.07) is 19.8. The molecule has 2 amide bonds. The molecule has 2 aromatic rings. The van der Waals surface area contributed by atoms with E-state index in [-0.39, 0.29) is 64.0 Å². The molecule has 4 fully saturated rings. The van der Waals surface area contributed by atoms with Crippen LogP contribution in [0.3, 0.4) is 0 Å². The molecule has 63 heavy (non-hydrogen) atoms. The standard InChI is InChI=1S/C24H43NO6.C24H31NO6.CH4/c2*1-16-20(15-26)31-24(23(29)22(16)28)30-13-12-25-21(27)14-19(17-8-4-2-5-9-17)18-10-6-3-7-11-18;/h16-20,22-24,26,28-29H,2-15H2,1H3,(H,25,27);2-11,16,19-20,22-24,26,28-29H,12-15H2,1H3,(H,25,27);1H4/t2*16-,20?,22?,23+,24-;/m00./s1. The molecule has 14 nitrogen and oxygen atoms in total. The molecule has 2 aromatic carbocycles. The van der Waals surface area contributed by atoms with E-state index < -0.39 is 55.1 Å². The maximum absolute atomic E-state index is 12.7. The molecule has 2 aliphatic heterocycles. The third-order valence-corrected chi connectivity index (χ3v) is 13.6. The zero-order valence-corrected chi connectivity index (χ0v) is 36.7. The van der Waals surface area contributed by atoms with Gasteiger partial charge < -0.3 is 60.2 Å². The predicted octanol–water partition coefficient (Wildman–Crippen LogP) is 4.41. The Morgan fingerprint density at radius 2 is 0.984 bits per heavy atom. The van der Waals surface area contributed by atoms with Crippen LogP contribution in [-0.2, 0) is 28.5 Å². The van der Waals surface area contributed by atoms with E-state index in [0.29, 0.717) is 37.1 Å². The molecule has 0 aromatic heterocycles. The van der Waals surface area contributed by atoms with Crippen LogP contribution in [0, 0.1) is 29.6 Å². The van der Waals surface area contributed by atoms with Crippen molar-refractivity contribution in [1.82, 2.24) is 10.6 Å². The Morgan fingerprint density at radius 3 is 1.37 bits per heavy atom. The lowest BCUT2D eigenvalue weighted by atomic mass is 9.68. The van der Waals surface area contributed by atoms with Crippen LogP contribution in [0.2, 0.25) is 0 Å². The molecule has 2 heterocycles. The first-order valence-corrected chi connectivity index (χ1v) is 23.1. The Kier molecular flexibility index (Phi) is 22.9. The Morgan fingerprint density at radius 1 is 0.603 bits per heavy atom. The van der Waals surface area contributed by atoms with Gasteiger partial charge in [-0.3, -0.25) is 9.59 Å². The van der Waals surface area contributed by atoms with E-state index in [1.165, 1.54) is 64.2 Å². The van der Waals surface area contributed by atoms with E-state index in [9.17, 15) is 40.2 Å². The Labute approximate surface area is 375 Å². The third kappa shape index (κ3) is 15.5. The van der Waals surface area contributed by atoms with Gasteiger partial charge in [0, 0.05) is 43.7 Å². The molecule has 10 atom stereocenters. The van der Waals surface area contributed by atoms with Gasteiger partial charge >= 0.3 is 0 Å². The summed E-state index contributed by atoms with van der Waals surface area (Å²) in [5.74, 6) is 0.973. The first-order chi connectivity index (χ1) is 30.0. The average molecular weight is 887 g/mol. The van der Waals surface area contributed by atoms with Gasteiger partial charge in [0.2, 0.25) is 11.8 Å². The molecule has 2 aliphatic carbocycles. The molecule has 4 unspecified atom stereocenters. The summed E-state index contributed by atoms with van der Waals surface area (Å²) in [4.78, 5) is 25.3. The summed E-state index contributed by atoms with van der Waals surface area (Å²) in [6.07, 6.45) is 6.10. The van der Waals surface area contributed by atoms with Crippen molar-refractivity contribution >= 4 is 11.8 Å². The zero-order chi connectivity index (χ0) is 44.4. The number of carbonyl (C=O) groups excluding carboxylic acids is 2. The number of aliphatic hydroxyl groups excluding tert-OH is 6. The highest BCUT2D eigenvalue weighted by molar-refractivity contribution is 5.77. The molecule has 2 saturated heterocycles. The second kappa shape index (κ2) is 27.5. The van der Waals surface area contributed by atoms with Gasteiger partial charge in [-0.15, -0.1) is 0 Å². The minimum atomic E-state index is -1.21. The summed E-state index contributed by atoms with van der Waals surface area (Å²) in [6.45, 7) is 3.76. The second-order valence-corrected chi connectivity index (χ2v) is 17.8. The van der Waals surface area contributed by atoms with Crippen LogP contribution in [0.25, 0.3) is 0 Å². The predicted molar refractivity (Wildman–Crippen MR) is 239 cm³/mol. The average Bonchev–Trinajstić information content (AvgIpc) is 3.31. The highest BCUT2D eigenvalue weighted by Gasteiger charge is 2.43. The van der Waals surface area contributed by atoms with Crippen LogP contribution in [-0.4, -0.2) is 131 Å². The lowest BCUT2D eigenvalue weighted by molar-refractivity contribution is -0.287. The summed E-state index contributed by atoms with van der Waals surface area (Å²) < 4.78 is 22.2. The molecule has 4 aliphatic rings. The van der Waals surface area contributed by atoms with Crippen molar-refractivity contribution in [2.24, 2.45) is 29.6 Å². The van der Waals surface area contributed by atoms with E-state index in [4.69, 9.17) is 18.9 Å². The zero-order valence-electron chi connectivity index (χ0n) is 36.7. The van der Waals surface area contributed by atoms with Crippen molar-refractivity contribution in [2.75, 3.05) is 39.5 Å². The minimum absolute atomic E-state index is 0. The summed E-state index contributed by atoms with van der Waals surface area (Å²) >= 11 is 0. The van der Waals surface area contributed by atoms with Gasteiger partial charge in [0.15, 0.2) is 12.6 Å². The Hall–Kier alpha value is -3.02. The van der Waals surface area contributed by atoms with Gasteiger partial charge in [-0.05, 0) is 28.9 Å². The fourth-order valence-corrected chi connectivity index (χ4v) is 9.75. The number of rotatable bonds is 18. The Balaban J connectivity index is 0.000000272. The lowest BCUT2D eigenvalue weighted by Gasteiger charge is -2.40. The number of hydrogen-bond donors (Lipinski definition) is 8. The molecule has 14 heteroatoms. The summed E-state index contributed by atoms with van der Waals surface area (Å²) in [7, 11) is 0. The van der Waals surface area contributed by atoms with E-state index in [1.54, 1.807) is 13.8 Å². The number of hydrogen-bond acceptors (Lipinski definition) is 12. The molecule has 0 bridgehead atoms. The normalized spacial score (nSPS) is 29.3. The Bertz CT molecular complexity index is 1500. The van der Waals surface area contributed by atoms with E-state index in [0.717, 1.165) is 11.1 Å². The number of ether oxygens (including phenoxy) is 4. The van der Waals surface area contributed by atoms with E-state index in [1.807, 2.05) is 60.7 Å². The van der Waals surface area contributed by atoms with Crippen LogP contribution in [0.4, 0.5) is 0 Å². The van der Waals surface area contributed by atoms with Crippen LogP contribution >= 0.6 is 0 Å². The molecule has 2 saturated carbocycles. The van der Waals surface area contributed by atoms with Crippen LogP contribution in [0.15, 0.2) is 60.7 Å². The molecular weight excluding hydrogens is 809 g/mol. The fraction of sp³-hybridized carbons (Fsp3) is 0.714. The SMILES string of the molecule is C.C[C@H]1C(CO)O[C@H](OCCNC(=O)CC(C2CCCCC2)C2CCCCC2)[C@H](O)C1O.C[C@H]1C(CO)O[C@H](OCCNC(=O)CC(c2ccccc2)c2ccccc2)[C@H](O)C1O. The number of nitrogens with one attached hydrogen (secondary N) is 2. The van der Waals surface area contributed by atoms with Gasteiger partial charge in [0.25, 0.3) is 0 Å². The van der Waals surface area contributed by atoms with Crippen molar-refractivity contribution in [1.29, 1.82) is 0 Å². The first kappa shape index (κ1) is 52.6. The number of benzene rings is 2. The largest absolute Gasteiger partial charge is 0.394 e. The fourth-order valence-electron chi connectivity index (χ4n) is 9.75. The third-order valence-electron chi connectivity index (χ3n) is 13.6. The molecule has 8 N–H and O–H groups in total. The van der Waals surface area contributed by atoms with Crippen LogP contribution < -0.4 is 10.6 Å².